The zero-order chi connectivity index (χ0) is 13.9. The van der Waals surface area contributed by atoms with Crippen molar-refractivity contribution < 1.29 is 8.42 Å². The minimum absolute atomic E-state index is 0.247. The lowest BCUT2D eigenvalue weighted by Crippen LogP contribution is -2.14. The van der Waals surface area contributed by atoms with Crippen molar-refractivity contribution in [2.24, 2.45) is 0 Å². The van der Waals surface area contributed by atoms with Crippen molar-refractivity contribution in [2.45, 2.75) is 17.7 Å². The summed E-state index contributed by atoms with van der Waals surface area (Å²) in [6.45, 7) is 1.85. The molecule has 1 N–H and O–H groups in total. The SMILES string of the molecule is Cc1cccc(S(=O)(=O)Nc2ccccc2CCl)c1. The Hall–Kier alpha value is -1.52. The third-order valence-corrected chi connectivity index (χ3v) is 4.36. The van der Waals surface area contributed by atoms with Gasteiger partial charge in [0, 0.05) is 5.88 Å². The van der Waals surface area contributed by atoms with E-state index in [1.165, 1.54) is 0 Å². The number of alkyl halides is 1. The van der Waals surface area contributed by atoms with Gasteiger partial charge in [0.05, 0.1) is 10.6 Å². The van der Waals surface area contributed by atoms with Crippen LogP contribution in [0.4, 0.5) is 5.69 Å². The van der Waals surface area contributed by atoms with E-state index in [-0.39, 0.29) is 10.8 Å². The normalized spacial score (nSPS) is 11.3. The quantitative estimate of drug-likeness (QED) is 0.877. The number of halogens is 1. The Morgan fingerprint density at radius 1 is 1.11 bits per heavy atom. The number of aryl methyl sites for hydroxylation is 1. The van der Waals surface area contributed by atoms with Crippen molar-refractivity contribution in [2.75, 3.05) is 4.72 Å². The fourth-order valence-electron chi connectivity index (χ4n) is 1.72. The lowest BCUT2D eigenvalue weighted by molar-refractivity contribution is 0.601. The van der Waals surface area contributed by atoms with Crippen LogP contribution in [0.2, 0.25) is 0 Å². The Labute approximate surface area is 118 Å². The molecule has 0 aliphatic carbocycles. The maximum Gasteiger partial charge on any atom is 0.261 e. The molecule has 0 radical (unpaired) electrons. The number of sulfonamides is 1. The van der Waals surface area contributed by atoms with Crippen LogP contribution in [0.5, 0.6) is 0 Å². The summed E-state index contributed by atoms with van der Waals surface area (Å²) in [4.78, 5) is 0.247. The molecule has 0 aromatic heterocycles. The van der Waals surface area contributed by atoms with Crippen LogP contribution in [-0.2, 0) is 15.9 Å². The number of nitrogens with one attached hydrogen (secondary N) is 1. The van der Waals surface area contributed by atoms with Crippen LogP contribution < -0.4 is 4.72 Å². The standard InChI is InChI=1S/C14H14ClNO2S/c1-11-5-4-7-13(9-11)19(17,18)16-14-8-3-2-6-12(14)10-15/h2-9,16H,10H2,1H3. The van der Waals surface area contributed by atoms with Crippen molar-refractivity contribution in [1.82, 2.24) is 0 Å². The van der Waals surface area contributed by atoms with Gasteiger partial charge >= 0.3 is 0 Å². The second-order valence-electron chi connectivity index (χ2n) is 4.21. The third kappa shape index (κ3) is 3.28. The molecule has 0 saturated carbocycles. The van der Waals surface area contributed by atoms with E-state index >= 15 is 0 Å². The van der Waals surface area contributed by atoms with Crippen LogP contribution in [0, 0.1) is 6.92 Å². The molecule has 2 aromatic rings. The van der Waals surface area contributed by atoms with E-state index in [0.717, 1.165) is 11.1 Å². The summed E-state index contributed by atoms with van der Waals surface area (Å²) in [5, 5.41) is 0. The summed E-state index contributed by atoms with van der Waals surface area (Å²) in [5.74, 6) is 0.256. The lowest BCUT2D eigenvalue weighted by atomic mass is 10.2. The molecule has 0 spiro atoms. The molecule has 0 saturated heterocycles. The van der Waals surface area contributed by atoms with Gasteiger partial charge in [-0.05, 0) is 36.2 Å². The molecule has 0 fully saturated rings. The van der Waals surface area contributed by atoms with E-state index in [0.29, 0.717) is 5.69 Å². The van der Waals surface area contributed by atoms with Gasteiger partial charge in [-0.25, -0.2) is 8.42 Å². The second kappa shape index (κ2) is 5.63. The van der Waals surface area contributed by atoms with Gasteiger partial charge in [0.2, 0.25) is 0 Å². The molecule has 3 nitrogen and oxygen atoms in total. The third-order valence-electron chi connectivity index (χ3n) is 2.71. The van der Waals surface area contributed by atoms with Gasteiger partial charge < -0.3 is 0 Å². The molecule has 2 rings (SSSR count). The highest BCUT2D eigenvalue weighted by molar-refractivity contribution is 7.92. The van der Waals surface area contributed by atoms with Crippen LogP contribution in [-0.4, -0.2) is 8.42 Å². The van der Waals surface area contributed by atoms with Crippen LogP contribution in [0.1, 0.15) is 11.1 Å². The molecule has 0 unspecified atom stereocenters. The van der Waals surface area contributed by atoms with Gasteiger partial charge in [-0.2, -0.15) is 0 Å². The number of anilines is 1. The molecule has 0 heterocycles. The zero-order valence-electron chi connectivity index (χ0n) is 10.4. The summed E-state index contributed by atoms with van der Waals surface area (Å²) >= 11 is 5.80. The molecule has 5 heteroatoms. The van der Waals surface area contributed by atoms with Crippen LogP contribution in [0.3, 0.4) is 0 Å². The van der Waals surface area contributed by atoms with E-state index in [1.807, 2.05) is 19.1 Å². The average molecular weight is 296 g/mol. The van der Waals surface area contributed by atoms with Crippen molar-refractivity contribution in [3.8, 4) is 0 Å². The van der Waals surface area contributed by atoms with Crippen molar-refractivity contribution in [3.05, 3.63) is 59.7 Å². The molecule has 0 atom stereocenters. The molecular weight excluding hydrogens is 282 g/mol. The summed E-state index contributed by atoms with van der Waals surface area (Å²) in [5.41, 5.74) is 2.16. The number of rotatable bonds is 4. The monoisotopic (exact) mass is 295 g/mol. The molecule has 0 aliphatic rings. The Kier molecular flexibility index (Phi) is 4.12. The molecule has 100 valence electrons. The van der Waals surface area contributed by atoms with Crippen molar-refractivity contribution in [3.63, 3.8) is 0 Å². The molecule has 0 amide bonds. The fraction of sp³-hybridized carbons (Fsp3) is 0.143. The predicted molar refractivity (Wildman–Crippen MR) is 78.0 cm³/mol. The fourth-order valence-corrected chi connectivity index (χ4v) is 3.16. The van der Waals surface area contributed by atoms with E-state index in [4.69, 9.17) is 11.6 Å². The summed E-state index contributed by atoms with van der Waals surface area (Å²) in [6, 6.07) is 13.9. The second-order valence-corrected chi connectivity index (χ2v) is 6.16. The molecule has 19 heavy (non-hydrogen) atoms. The van der Waals surface area contributed by atoms with E-state index in [1.54, 1.807) is 36.4 Å². The lowest BCUT2D eigenvalue weighted by Gasteiger charge is -2.11. The van der Waals surface area contributed by atoms with Crippen molar-refractivity contribution >= 4 is 27.3 Å². The molecule has 0 bridgehead atoms. The Morgan fingerprint density at radius 3 is 2.53 bits per heavy atom. The summed E-state index contributed by atoms with van der Waals surface area (Å²) < 4.78 is 27.1. The number of hydrogen-bond acceptors (Lipinski definition) is 2. The van der Waals surface area contributed by atoms with Crippen LogP contribution >= 0.6 is 11.6 Å². The van der Waals surface area contributed by atoms with E-state index < -0.39 is 10.0 Å². The highest BCUT2D eigenvalue weighted by atomic mass is 35.5. The smallest absolute Gasteiger partial charge is 0.261 e. The first-order chi connectivity index (χ1) is 9.03. The Bertz CT molecular complexity index is 683. The van der Waals surface area contributed by atoms with Gasteiger partial charge in [0.1, 0.15) is 0 Å². The number of hydrogen-bond donors (Lipinski definition) is 1. The average Bonchev–Trinajstić information content (AvgIpc) is 2.39. The number of para-hydroxylation sites is 1. The topological polar surface area (TPSA) is 46.2 Å². The van der Waals surface area contributed by atoms with Gasteiger partial charge in [-0.1, -0.05) is 30.3 Å². The molecule has 2 aromatic carbocycles. The first-order valence-electron chi connectivity index (χ1n) is 5.76. The Morgan fingerprint density at radius 2 is 1.84 bits per heavy atom. The molecule has 0 aliphatic heterocycles. The minimum Gasteiger partial charge on any atom is -0.279 e. The highest BCUT2D eigenvalue weighted by Crippen LogP contribution is 2.21. The maximum atomic E-state index is 12.3. The summed E-state index contributed by atoms with van der Waals surface area (Å²) in [7, 11) is -3.58. The van der Waals surface area contributed by atoms with Gasteiger partial charge in [0.15, 0.2) is 0 Å². The van der Waals surface area contributed by atoms with Crippen LogP contribution in [0.15, 0.2) is 53.4 Å². The van der Waals surface area contributed by atoms with Gasteiger partial charge in [-0.15, -0.1) is 11.6 Å². The Balaban J connectivity index is 2.37. The molecular formula is C14H14ClNO2S. The highest BCUT2D eigenvalue weighted by Gasteiger charge is 2.15. The largest absolute Gasteiger partial charge is 0.279 e. The van der Waals surface area contributed by atoms with E-state index in [9.17, 15) is 8.42 Å². The van der Waals surface area contributed by atoms with Gasteiger partial charge in [-0.3, -0.25) is 4.72 Å². The zero-order valence-corrected chi connectivity index (χ0v) is 12.0. The van der Waals surface area contributed by atoms with Crippen LogP contribution in [0.25, 0.3) is 0 Å². The van der Waals surface area contributed by atoms with E-state index in [2.05, 4.69) is 4.72 Å². The minimum atomic E-state index is -3.58. The predicted octanol–water partition coefficient (Wildman–Crippen LogP) is 3.53. The number of benzene rings is 2. The van der Waals surface area contributed by atoms with Crippen molar-refractivity contribution in [1.29, 1.82) is 0 Å². The maximum absolute atomic E-state index is 12.3. The summed E-state index contributed by atoms with van der Waals surface area (Å²) in [6.07, 6.45) is 0. The van der Waals surface area contributed by atoms with Gasteiger partial charge in [0.25, 0.3) is 10.0 Å². The first-order valence-corrected chi connectivity index (χ1v) is 7.78. The first kappa shape index (κ1) is 13.9.